The summed E-state index contributed by atoms with van der Waals surface area (Å²) in [6.45, 7) is 6.42. The van der Waals surface area contributed by atoms with Crippen molar-refractivity contribution in [2.75, 3.05) is 18.1 Å². The predicted octanol–water partition coefficient (Wildman–Crippen LogP) is 1.93. The Balaban J connectivity index is 1.86. The Bertz CT molecular complexity index is 1050. The van der Waals surface area contributed by atoms with Gasteiger partial charge in [-0.3, -0.25) is 14.2 Å². The molecule has 1 aliphatic rings. The number of sulfone groups is 1. The molecule has 0 N–H and O–H groups in total. The molecule has 152 valence electrons. The standard InChI is InChI=1S/C19H25N3O4S2/c1-4-21(14-10-11-28(25,26)12-14)17(23)13(3)27-19-20-16-9-7-6-8-15(16)18(24)22(19)5-2/h6-9,13-14H,4-5,10-12H2,1-3H3/t13-,14-/m1/s1. The van der Waals surface area contributed by atoms with Gasteiger partial charge in [-0.1, -0.05) is 23.9 Å². The van der Waals surface area contributed by atoms with Crippen LogP contribution in [0.4, 0.5) is 0 Å². The minimum atomic E-state index is -3.07. The molecule has 1 fully saturated rings. The highest BCUT2D eigenvalue weighted by Gasteiger charge is 2.35. The van der Waals surface area contributed by atoms with Gasteiger partial charge in [0.2, 0.25) is 5.91 Å². The Morgan fingerprint density at radius 1 is 1.36 bits per heavy atom. The van der Waals surface area contributed by atoms with Gasteiger partial charge in [0.15, 0.2) is 15.0 Å². The molecule has 0 bridgehead atoms. The van der Waals surface area contributed by atoms with E-state index in [1.54, 1.807) is 34.6 Å². The van der Waals surface area contributed by atoms with E-state index >= 15 is 0 Å². The van der Waals surface area contributed by atoms with Crippen molar-refractivity contribution in [2.24, 2.45) is 0 Å². The number of thioether (sulfide) groups is 1. The zero-order valence-electron chi connectivity index (χ0n) is 16.3. The largest absolute Gasteiger partial charge is 0.338 e. The van der Waals surface area contributed by atoms with Crippen molar-refractivity contribution in [1.82, 2.24) is 14.5 Å². The van der Waals surface area contributed by atoms with Crippen molar-refractivity contribution in [1.29, 1.82) is 0 Å². The highest BCUT2D eigenvalue weighted by molar-refractivity contribution is 8.00. The molecule has 2 atom stereocenters. The topological polar surface area (TPSA) is 89.3 Å². The molecule has 2 heterocycles. The Labute approximate surface area is 169 Å². The maximum absolute atomic E-state index is 13.0. The highest BCUT2D eigenvalue weighted by Crippen LogP contribution is 2.26. The first-order chi connectivity index (χ1) is 13.3. The number of hydrogen-bond acceptors (Lipinski definition) is 6. The first kappa shape index (κ1) is 20.9. The molecule has 1 aromatic carbocycles. The molecule has 1 aliphatic heterocycles. The van der Waals surface area contributed by atoms with Gasteiger partial charge in [0.25, 0.3) is 5.56 Å². The van der Waals surface area contributed by atoms with Crippen LogP contribution in [0.25, 0.3) is 10.9 Å². The number of carbonyl (C=O) groups excluding carboxylic acids is 1. The number of aromatic nitrogens is 2. The highest BCUT2D eigenvalue weighted by atomic mass is 32.2. The molecule has 28 heavy (non-hydrogen) atoms. The Morgan fingerprint density at radius 3 is 2.68 bits per heavy atom. The number of amides is 1. The fourth-order valence-corrected chi connectivity index (χ4v) is 6.35. The van der Waals surface area contributed by atoms with Crippen LogP contribution in [0.3, 0.4) is 0 Å². The Kier molecular flexibility index (Phi) is 6.14. The molecule has 0 saturated carbocycles. The lowest BCUT2D eigenvalue weighted by atomic mass is 10.2. The number of carbonyl (C=O) groups is 1. The van der Waals surface area contributed by atoms with Crippen LogP contribution in [0.15, 0.2) is 34.2 Å². The summed E-state index contributed by atoms with van der Waals surface area (Å²) in [7, 11) is -3.07. The first-order valence-electron chi connectivity index (χ1n) is 9.44. The maximum atomic E-state index is 13.0. The molecule has 0 radical (unpaired) electrons. The van der Waals surface area contributed by atoms with E-state index < -0.39 is 15.1 Å². The minimum Gasteiger partial charge on any atom is -0.338 e. The average molecular weight is 424 g/mol. The van der Waals surface area contributed by atoms with Crippen LogP contribution in [-0.4, -0.2) is 58.1 Å². The number of rotatable bonds is 6. The third-order valence-electron chi connectivity index (χ3n) is 5.05. The number of para-hydroxylation sites is 1. The van der Waals surface area contributed by atoms with Gasteiger partial charge in [0.05, 0.1) is 27.7 Å². The van der Waals surface area contributed by atoms with Gasteiger partial charge in [-0.05, 0) is 39.3 Å². The van der Waals surface area contributed by atoms with Crippen LogP contribution < -0.4 is 5.56 Å². The van der Waals surface area contributed by atoms with Gasteiger partial charge in [-0.15, -0.1) is 0 Å². The van der Waals surface area contributed by atoms with Crippen LogP contribution in [-0.2, 0) is 21.2 Å². The van der Waals surface area contributed by atoms with Crippen LogP contribution in [0, 0.1) is 0 Å². The summed E-state index contributed by atoms with van der Waals surface area (Å²) in [5.41, 5.74) is 0.484. The molecule has 9 heteroatoms. The SMILES string of the molecule is CCN(C(=O)[C@@H](C)Sc1nc2ccccc2c(=O)n1CC)[C@@H]1CCS(=O)(=O)C1. The zero-order valence-corrected chi connectivity index (χ0v) is 17.9. The lowest BCUT2D eigenvalue weighted by Gasteiger charge is -2.29. The van der Waals surface area contributed by atoms with Crippen LogP contribution in [0.5, 0.6) is 0 Å². The normalized spacial score (nSPS) is 19.6. The van der Waals surface area contributed by atoms with Crippen molar-refractivity contribution in [3.63, 3.8) is 0 Å². The van der Waals surface area contributed by atoms with E-state index in [2.05, 4.69) is 4.98 Å². The van der Waals surface area contributed by atoms with E-state index in [4.69, 9.17) is 0 Å². The average Bonchev–Trinajstić information content (AvgIpc) is 3.02. The lowest BCUT2D eigenvalue weighted by molar-refractivity contribution is -0.131. The molecule has 1 amide bonds. The van der Waals surface area contributed by atoms with E-state index in [9.17, 15) is 18.0 Å². The molecule has 2 aromatic rings. The minimum absolute atomic E-state index is 0.0257. The van der Waals surface area contributed by atoms with Crippen molar-refractivity contribution in [3.8, 4) is 0 Å². The van der Waals surface area contributed by atoms with Crippen LogP contribution in [0.1, 0.15) is 27.2 Å². The second kappa shape index (κ2) is 8.24. The van der Waals surface area contributed by atoms with Crippen LogP contribution >= 0.6 is 11.8 Å². The van der Waals surface area contributed by atoms with Gasteiger partial charge in [-0.2, -0.15) is 0 Å². The summed E-state index contributed by atoms with van der Waals surface area (Å²) in [6, 6.07) is 6.89. The van der Waals surface area contributed by atoms with Gasteiger partial charge in [-0.25, -0.2) is 13.4 Å². The van der Waals surface area contributed by atoms with E-state index in [-0.39, 0.29) is 29.0 Å². The number of hydrogen-bond donors (Lipinski definition) is 0. The van der Waals surface area contributed by atoms with Crippen molar-refractivity contribution < 1.29 is 13.2 Å². The summed E-state index contributed by atoms with van der Waals surface area (Å²) < 4.78 is 25.2. The monoisotopic (exact) mass is 423 g/mol. The number of fused-ring (bicyclic) bond motifs is 1. The number of nitrogens with zero attached hydrogens (tertiary/aromatic N) is 3. The van der Waals surface area contributed by atoms with E-state index in [0.29, 0.717) is 35.6 Å². The molecule has 0 unspecified atom stereocenters. The summed E-state index contributed by atoms with van der Waals surface area (Å²) in [6.07, 6.45) is 0.479. The molecular weight excluding hydrogens is 398 g/mol. The van der Waals surface area contributed by atoms with Crippen molar-refractivity contribution in [3.05, 3.63) is 34.6 Å². The van der Waals surface area contributed by atoms with E-state index in [1.165, 1.54) is 11.8 Å². The number of benzene rings is 1. The Hall–Kier alpha value is -1.87. The lowest BCUT2D eigenvalue weighted by Crippen LogP contribution is -2.44. The van der Waals surface area contributed by atoms with Crippen molar-refractivity contribution >= 4 is 38.4 Å². The van der Waals surface area contributed by atoms with Gasteiger partial charge in [0.1, 0.15) is 0 Å². The fourth-order valence-electron chi connectivity index (χ4n) is 3.57. The van der Waals surface area contributed by atoms with Gasteiger partial charge < -0.3 is 4.90 Å². The third kappa shape index (κ3) is 4.10. The van der Waals surface area contributed by atoms with E-state index in [1.807, 2.05) is 19.9 Å². The molecule has 1 saturated heterocycles. The molecule has 0 spiro atoms. The quantitative estimate of drug-likeness (QED) is 0.521. The molecule has 7 nitrogen and oxygen atoms in total. The van der Waals surface area contributed by atoms with Crippen molar-refractivity contribution in [2.45, 2.75) is 50.2 Å². The molecule has 0 aliphatic carbocycles. The smallest absolute Gasteiger partial charge is 0.262 e. The summed E-state index contributed by atoms with van der Waals surface area (Å²) >= 11 is 1.25. The second-order valence-corrected chi connectivity index (χ2v) is 10.4. The fraction of sp³-hybridized carbons (Fsp3) is 0.526. The zero-order chi connectivity index (χ0) is 20.5. The first-order valence-corrected chi connectivity index (χ1v) is 12.1. The third-order valence-corrected chi connectivity index (χ3v) is 7.87. The summed E-state index contributed by atoms with van der Waals surface area (Å²) in [5, 5.41) is 0.579. The molecule has 3 rings (SSSR count). The molecular formula is C19H25N3O4S2. The maximum Gasteiger partial charge on any atom is 0.262 e. The molecule has 1 aromatic heterocycles. The second-order valence-electron chi connectivity index (χ2n) is 6.90. The van der Waals surface area contributed by atoms with Gasteiger partial charge in [0, 0.05) is 19.1 Å². The Morgan fingerprint density at radius 2 is 2.07 bits per heavy atom. The summed E-state index contributed by atoms with van der Waals surface area (Å²) in [5.74, 6) is 0.0299. The van der Waals surface area contributed by atoms with E-state index in [0.717, 1.165) is 0 Å². The van der Waals surface area contributed by atoms with Gasteiger partial charge >= 0.3 is 0 Å². The van der Waals surface area contributed by atoms with Crippen LogP contribution in [0.2, 0.25) is 0 Å². The predicted molar refractivity (Wildman–Crippen MR) is 111 cm³/mol. The summed E-state index contributed by atoms with van der Waals surface area (Å²) in [4.78, 5) is 32.0.